The number of hydrogen-bond donors (Lipinski definition) is 0. The van der Waals surface area contributed by atoms with E-state index < -0.39 is 0 Å². The molecule has 4 nitrogen and oxygen atoms in total. The van der Waals surface area contributed by atoms with E-state index in [4.69, 9.17) is 4.52 Å². The van der Waals surface area contributed by atoms with Crippen LogP contribution in [0.15, 0.2) is 33.3 Å². The molecular weight excluding hydrogens is 296 g/mol. The van der Waals surface area contributed by atoms with Crippen LogP contribution in [0.3, 0.4) is 0 Å². The summed E-state index contributed by atoms with van der Waals surface area (Å²) in [4.78, 5) is 15.8. The van der Waals surface area contributed by atoms with Gasteiger partial charge >= 0.3 is 0 Å². The van der Waals surface area contributed by atoms with Crippen LogP contribution in [0.4, 0.5) is 0 Å². The Labute approximate surface area is 114 Å². The molecule has 1 aromatic heterocycles. The molecule has 1 atom stereocenters. The molecule has 0 fully saturated rings. The van der Waals surface area contributed by atoms with Gasteiger partial charge in [-0.3, -0.25) is 4.79 Å². The zero-order chi connectivity index (χ0) is 13.1. The minimum absolute atomic E-state index is 0.0967. The van der Waals surface area contributed by atoms with Crippen LogP contribution in [0.25, 0.3) is 11.4 Å². The van der Waals surface area contributed by atoms with Gasteiger partial charge in [-0.05, 0) is 19.1 Å². The topological polar surface area (TPSA) is 56.0 Å². The summed E-state index contributed by atoms with van der Waals surface area (Å²) >= 11 is 3.39. The summed E-state index contributed by atoms with van der Waals surface area (Å²) in [7, 11) is 0. The second-order valence-electron chi connectivity index (χ2n) is 4.01. The number of halogens is 1. The molecule has 2 aromatic rings. The molecule has 2 rings (SSSR count). The molecule has 0 radical (unpaired) electrons. The average molecular weight is 309 g/mol. The first-order valence-electron chi connectivity index (χ1n) is 5.74. The van der Waals surface area contributed by atoms with Gasteiger partial charge in [0, 0.05) is 16.5 Å². The van der Waals surface area contributed by atoms with Crippen LogP contribution in [-0.2, 0) is 4.79 Å². The van der Waals surface area contributed by atoms with E-state index in [9.17, 15) is 4.79 Å². The van der Waals surface area contributed by atoms with Gasteiger partial charge in [-0.15, -0.1) is 0 Å². The van der Waals surface area contributed by atoms with E-state index in [-0.39, 0.29) is 11.7 Å². The van der Waals surface area contributed by atoms with Gasteiger partial charge in [0.15, 0.2) is 0 Å². The fourth-order valence-corrected chi connectivity index (χ4v) is 2.00. The van der Waals surface area contributed by atoms with E-state index in [2.05, 4.69) is 26.1 Å². The Balaban J connectivity index is 2.28. The molecule has 0 aliphatic heterocycles. The van der Waals surface area contributed by atoms with Crippen LogP contribution in [0.5, 0.6) is 0 Å². The SMILES string of the molecule is CCC(=O)C(C)c1nc(-c2cccc(Br)c2)no1. The first-order chi connectivity index (χ1) is 8.61. The Hall–Kier alpha value is -1.49. The first kappa shape index (κ1) is 13.0. The number of ketones is 1. The lowest BCUT2D eigenvalue weighted by molar-refractivity contribution is -0.120. The Kier molecular flexibility index (Phi) is 3.91. The minimum atomic E-state index is -0.344. The highest BCUT2D eigenvalue weighted by atomic mass is 79.9. The predicted octanol–water partition coefficient (Wildman–Crippen LogP) is 3.58. The molecule has 0 saturated carbocycles. The second-order valence-corrected chi connectivity index (χ2v) is 4.92. The summed E-state index contributed by atoms with van der Waals surface area (Å²) in [6.07, 6.45) is 0.468. The average Bonchev–Trinajstić information content (AvgIpc) is 2.86. The number of carbonyl (C=O) groups is 1. The van der Waals surface area contributed by atoms with E-state index in [0.29, 0.717) is 18.1 Å². The van der Waals surface area contributed by atoms with Gasteiger partial charge in [-0.2, -0.15) is 4.98 Å². The molecule has 0 saturated heterocycles. The van der Waals surface area contributed by atoms with Crippen LogP contribution in [0.2, 0.25) is 0 Å². The van der Waals surface area contributed by atoms with Crippen molar-refractivity contribution in [1.82, 2.24) is 10.1 Å². The van der Waals surface area contributed by atoms with Crippen LogP contribution in [0, 0.1) is 0 Å². The van der Waals surface area contributed by atoms with Gasteiger partial charge in [0.25, 0.3) is 0 Å². The van der Waals surface area contributed by atoms with Gasteiger partial charge in [0.05, 0.1) is 5.92 Å². The van der Waals surface area contributed by atoms with Crippen molar-refractivity contribution < 1.29 is 9.32 Å². The largest absolute Gasteiger partial charge is 0.338 e. The number of aromatic nitrogens is 2. The molecule has 18 heavy (non-hydrogen) atoms. The molecule has 5 heteroatoms. The molecule has 0 N–H and O–H groups in total. The maximum Gasteiger partial charge on any atom is 0.237 e. The predicted molar refractivity (Wildman–Crippen MR) is 71.1 cm³/mol. The van der Waals surface area contributed by atoms with E-state index in [1.807, 2.05) is 31.2 Å². The van der Waals surface area contributed by atoms with Crippen LogP contribution in [0.1, 0.15) is 32.1 Å². The Morgan fingerprint density at radius 2 is 2.28 bits per heavy atom. The van der Waals surface area contributed by atoms with E-state index in [0.717, 1.165) is 10.0 Å². The summed E-state index contributed by atoms with van der Waals surface area (Å²) in [5.74, 6) is 0.627. The lowest BCUT2D eigenvalue weighted by Crippen LogP contribution is -2.07. The summed E-state index contributed by atoms with van der Waals surface area (Å²) in [6.45, 7) is 3.61. The molecular formula is C13H13BrN2O2. The number of rotatable bonds is 4. The lowest BCUT2D eigenvalue weighted by atomic mass is 10.1. The molecule has 0 aliphatic rings. The van der Waals surface area contributed by atoms with Gasteiger partial charge in [0.1, 0.15) is 5.78 Å². The Bertz CT molecular complexity index is 566. The smallest absolute Gasteiger partial charge is 0.237 e. The third kappa shape index (κ3) is 2.67. The molecule has 0 bridgehead atoms. The van der Waals surface area contributed by atoms with Crippen LogP contribution >= 0.6 is 15.9 Å². The van der Waals surface area contributed by atoms with Gasteiger partial charge in [-0.25, -0.2) is 0 Å². The van der Waals surface area contributed by atoms with Crippen molar-refractivity contribution in [3.8, 4) is 11.4 Å². The van der Waals surface area contributed by atoms with Crippen molar-refractivity contribution in [2.75, 3.05) is 0 Å². The third-order valence-electron chi connectivity index (χ3n) is 2.73. The fraction of sp³-hybridized carbons (Fsp3) is 0.308. The summed E-state index contributed by atoms with van der Waals surface area (Å²) < 4.78 is 6.09. The van der Waals surface area contributed by atoms with Crippen molar-refractivity contribution in [2.45, 2.75) is 26.2 Å². The van der Waals surface area contributed by atoms with Crippen LogP contribution < -0.4 is 0 Å². The van der Waals surface area contributed by atoms with Gasteiger partial charge < -0.3 is 4.52 Å². The first-order valence-corrected chi connectivity index (χ1v) is 6.53. The number of benzene rings is 1. The lowest BCUT2D eigenvalue weighted by Gasteiger charge is -2.01. The highest BCUT2D eigenvalue weighted by Crippen LogP contribution is 2.23. The summed E-state index contributed by atoms with van der Waals surface area (Å²) in [5, 5.41) is 3.91. The van der Waals surface area contributed by atoms with E-state index >= 15 is 0 Å². The highest BCUT2D eigenvalue weighted by Gasteiger charge is 2.20. The molecule has 1 aromatic carbocycles. The van der Waals surface area contributed by atoms with Gasteiger partial charge in [0.2, 0.25) is 11.7 Å². The maximum absolute atomic E-state index is 11.6. The highest BCUT2D eigenvalue weighted by molar-refractivity contribution is 9.10. The number of hydrogen-bond acceptors (Lipinski definition) is 4. The number of nitrogens with zero attached hydrogens (tertiary/aromatic N) is 2. The van der Waals surface area contributed by atoms with Crippen molar-refractivity contribution in [3.05, 3.63) is 34.6 Å². The minimum Gasteiger partial charge on any atom is -0.338 e. The van der Waals surface area contributed by atoms with Crippen molar-refractivity contribution in [2.24, 2.45) is 0 Å². The van der Waals surface area contributed by atoms with Gasteiger partial charge in [-0.1, -0.05) is 40.1 Å². The monoisotopic (exact) mass is 308 g/mol. The molecule has 94 valence electrons. The molecule has 1 unspecified atom stereocenters. The number of Topliss-reactive ketones (excluding diaryl/α,β-unsaturated/α-hetero) is 1. The molecule has 0 spiro atoms. The Morgan fingerprint density at radius 1 is 1.50 bits per heavy atom. The number of carbonyl (C=O) groups excluding carboxylic acids is 1. The van der Waals surface area contributed by atoms with Crippen LogP contribution in [-0.4, -0.2) is 15.9 Å². The quantitative estimate of drug-likeness (QED) is 0.866. The standard InChI is InChI=1S/C13H13BrN2O2/c1-3-11(17)8(2)13-15-12(16-18-13)9-5-4-6-10(14)7-9/h4-8H,3H2,1-2H3. The molecule has 0 amide bonds. The zero-order valence-corrected chi connectivity index (χ0v) is 11.8. The van der Waals surface area contributed by atoms with E-state index in [1.165, 1.54) is 0 Å². The normalized spacial score (nSPS) is 12.4. The van der Waals surface area contributed by atoms with Crippen molar-refractivity contribution >= 4 is 21.7 Å². The van der Waals surface area contributed by atoms with Crippen molar-refractivity contribution in [1.29, 1.82) is 0 Å². The third-order valence-corrected chi connectivity index (χ3v) is 3.22. The summed E-state index contributed by atoms with van der Waals surface area (Å²) in [6, 6.07) is 7.62. The zero-order valence-electron chi connectivity index (χ0n) is 10.2. The van der Waals surface area contributed by atoms with Crippen molar-refractivity contribution in [3.63, 3.8) is 0 Å². The Morgan fingerprint density at radius 3 is 2.94 bits per heavy atom. The fourth-order valence-electron chi connectivity index (χ4n) is 1.60. The van der Waals surface area contributed by atoms with E-state index in [1.54, 1.807) is 6.92 Å². The maximum atomic E-state index is 11.6. The molecule has 0 aliphatic carbocycles. The molecule has 1 heterocycles. The summed E-state index contributed by atoms with van der Waals surface area (Å²) in [5.41, 5.74) is 0.857. The second kappa shape index (κ2) is 5.44.